The second-order valence-corrected chi connectivity index (χ2v) is 3.64. The van der Waals surface area contributed by atoms with E-state index in [9.17, 15) is 14.7 Å². The number of nitrogens with two attached hydrogens (primary N) is 1. The van der Waals surface area contributed by atoms with Crippen LogP contribution in [0.2, 0.25) is 0 Å². The third-order valence-corrected chi connectivity index (χ3v) is 2.32. The number of carboxylic acids is 1. The fourth-order valence-electron chi connectivity index (χ4n) is 1.40. The monoisotopic (exact) mass is 258 g/mol. The van der Waals surface area contributed by atoms with Gasteiger partial charge < -0.3 is 21.0 Å². The van der Waals surface area contributed by atoms with Crippen molar-refractivity contribution in [2.75, 3.05) is 6.54 Å². The van der Waals surface area contributed by atoms with E-state index in [1.54, 1.807) is 30.3 Å². The van der Waals surface area contributed by atoms with Crippen LogP contribution in [-0.4, -0.2) is 24.5 Å². The molecule has 92 valence electrons. The van der Waals surface area contributed by atoms with Crippen molar-refractivity contribution in [3.8, 4) is 0 Å². The van der Waals surface area contributed by atoms with Crippen molar-refractivity contribution in [3.05, 3.63) is 35.9 Å². The first-order valence-electron chi connectivity index (χ1n) is 5.42. The second kappa shape index (κ2) is 9.10. The van der Waals surface area contributed by atoms with Gasteiger partial charge in [0.1, 0.15) is 0 Å². The molecule has 6 heteroatoms. The largest absolute Gasteiger partial charge is 1.00 e. The predicted molar refractivity (Wildman–Crippen MR) is 61.0 cm³/mol. The van der Waals surface area contributed by atoms with Crippen LogP contribution in [0.1, 0.15) is 23.2 Å². The van der Waals surface area contributed by atoms with E-state index < -0.39 is 17.9 Å². The Kier molecular flexibility index (Phi) is 8.66. The van der Waals surface area contributed by atoms with Gasteiger partial charge in [-0.2, -0.15) is 0 Å². The van der Waals surface area contributed by atoms with E-state index in [2.05, 4.69) is 5.32 Å². The molecule has 1 aromatic carbocycles. The zero-order chi connectivity index (χ0) is 12.7. The summed E-state index contributed by atoms with van der Waals surface area (Å²) in [6.07, 6.45) is 0.797. The van der Waals surface area contributed by atoms with E-state index in [0.717, 1.165) is 0 Å². The molecule has 1 rings (SSSR count). The van der Waals surface area contributed by atoms with Crippen molar-refractivity contribution in [3.63, 3.8) is 0 Å². The Bertz CT molecular complexity index is 384. The molecular formula is C12H15N2NaO3. The molecular weight excluding hydrogens is 243 g/mol. The predicted octanol–water partition coefficient (Wildman–Crippen LogP) is -3.72. The van der Waals surface area contributed by atoms with Crippen LogP contribution >= 0.6 is 0 Å². The van der Waals surface area contributed by atoms with Gasteiger partial charge in [0, 0.05) is 5.56 Å². The molecule has 0 radical (unpaired) electrons. The Morgan fingerprint density at radius 2 is 1.89 bits per heavy atom. The summed E-state index contributed by atoms with van der Waals surface area (Å²) in [6.45, 7) is 0.380. The van der Waals surface area contributed by atoms with Crippen molar-refractivity contribution in [1.82, 2.24) is 5.32 Å². The fraction of sp³-hybridized carbons (Fsp3) is 0.333. The molecule has 5 nitrogen and oxygen atoms in total. The third kappa shape index (κ3) is 5.64. The van der Waals surface area contributed by atoms with E-state index in [4.69, 9.17) is 5.73 Å². The van der Waals surface area contributed by atoms with E-state index in [1.807, 2.05) is 0 Å². The number of nitrogens with one attached hydrogen (secondary N) is 1. The van der Waals surface area contributed by atoms with E-state index in [1.165, 1.54) is 0 Å². The van der Waals surface area contributed by atoms with Crippen LogP contribution < -0.4 is 45.7 Å². The maximum atomic E-state index is 11.7. The normalized spacial score (nSPS) is 11.2. The molecule has 0 aliphatic carbocycles. The molecule has 0 saturated heterocycles. The molecule has 0 spiro atoms. The molecule has 0 bridgehead atoms. The van der Waals surface area contributed by atoms with Gasteiger partial charge in [-0.3, -0.25) is 4.79 Å². The summed E-state index contributed by atoms with van der Waals surface area (Å²) in [5.41, 5.74) is 5.72. The number of carbonyl (C=O) groups is 2. The maximum absolute atomic E-state index is 11.7. The van der Waals surface area contributed by atoms with Crippen molar-refractivity contribution < 1.29 is 44.3 Å². The molecule has 1 amide bonds. The van der Waals surface area contributed by atoms with Crippen molar-refractivity contribution >= 4 is 11.9 Å². The van der Waals surface area contributed by atoms with Crippen LogP contribution in [0.15, 0.2) is 30.3 Å². The Labute approximate surface area is 128 Å². The number of carbonyl (C=O) groups excluding carboxylic acids is 2. The second-order valence-electron chi connectivity index (χ2n) is 3.64. The van der Waals surface area contributed by atoms with Crippen molar-refractivity contribution in [1.29, 1.82) is 0 Å². The molecule has 0 heterocycles. The SMILES string of the molecule is NCCCC(NC(=O)c1ccccc1)C(=O)[O-].[Na+]. The Morgan fingerprint density at radius 3 is 2.39 bits per heavy atom. The number of amides is 1. The van der Waals surface area contributed by atoms with Crippen LogP contribution in [0.4, 0.5) is 0 Å². The molecule has 3 N–H and O–H groups in total. The third-order valence-electron chi connectivity index (χ3n) is 2.32. The zero-order valence-corrected chi connectivity index (χ0v) is 12.4. The summed E-state index contributed by atoms with van der Waals surface area (Å²) < 4.78 is 0. The number of benzene rings is 1. The van der Waals surface area contributed by atoms with E-state index in [-0.39, 0.29) is 36.0 Å². The maximum Gasteiger partial charge on any atom is 1.00 e. The van der Waals surface area contributed by atoms with Crippen LogP contribution in [0.3, 0.4) is 0 Å². The molecule has 0 saturated carbocycles. The van der Waals surface area contributed by atoms with Gasteiger partial charge in [-0.25, -0.2) is 0 Å². The smallest absolute Gasteiger partial charge is 0.548 e. The van der Waals surface area contributed by atoms with Crippen LogP contribution in [0, 0.1) is 0 Å². The minimum absolute atomic E-state index is 0. The molecule has 0 aliphatic rings. The van der Waals surface area contributed by atoms with Crippen molar-refractivity contribution in [2.45, 2.75) is 18.9 Å². The average Bonchev–Trinajstić information content (AvgIpc) is 2.35. The van der Waals surface area contributed by atoms with Gasteiger partial charge in [0.2, 0.25) is 0 Å². The number of hydrogen-bond donors (Lipinski definition) is 2. The van der Waals surface area contributed by atoms with Crippen LogP contribution in [0.25, 0.3) is 0 Å². The zero-order valence-electron chi connectivity index (χ0n) is 10.4. The topological polar surface area (TPSA) is 95.2 Å². The number of rotatable bonds is 6. The number of hydrogen-bond acceptors (Lipinski definition) is 4. The minimum Gasteiger partial charge on any atom is -0.548 e. The van der Waals surface area contributed by atoms with Crippen LogP contribution in [0.5, 0.6) is 0 Å². The average molecular weight is 258 g/mol. The summed E-state index contributed by atoms with van der Waals surface area (Å²) in [6, 6.07) is 7.44. The summed E-state index contributed by atoms with van der Waals surface area (Å²) >= 11 is 0. The summed E-state index contributed by atoms with van der Waals surface area (Å²) in [7, 11) is 0. The molecule has 18 heavy (non-hydrogen) atoms. The summed E-state index contributed by atoms with van der Waals surface area (Å²) in [4.78, 5) is 22.5. The number of carboxylic acid groups (broad SMARTS) is 1. The van der Waals surface area contributed by atoms with E-state index in [0.29, 0.717) is 18.5 Å². The molecule has 1 aromatic rings. The first-order chi connectivity index (χ1) is 8.15. The molecule has 1 atom stereocenters. The summed E-state index contributed by atoms with van der Waals surface area (Å²) in [5, 5.41) is 13.2. The van der Waals surface area contributed by atoms with Crippen molar-refractivity contribution in [2.24, 2.45) is 5.73 Å². The van der Waals surface area contributed by atoms with Gasteiger partial charge in [0.15, 0.2) is 0 Å². The fourth-order valence-corrected chi connectivity index (χ4v) is 1.40. The standard InChI is InChI=1S/C12H16N2O3.Na/c13-8-4-7-10(12(16)17)14-11(15)9-5-2-1-3-6-9;/h1-3,5-6,10H,4,7-8,13H2,(H,14,15)(H,16,17);/q;+1/p-1. The van der Waals surface area contributed by atoms with Gasteiger partial charge in [0.05, 0.1) is 12.0 Å². The van der Waals surface area contributed by atoms with Gasteiger partial charge >= 0.3 is 29.6 Å². The molecule has 0 fully saturated rings. The molecule has 0 aromatic heterocycles. The van der Waals surface area contributed by atoms with Gasteiger partial charge in [-0.1, -0.05) is 18.2 Å². The first-order valence-corrected chi connectivity index (χ1v) is 5.42. The minimum atomic E-state index is -1.29. The quantitative estimate of drug-likeness (QED) is 0.513. The first kappa shape index (κ1) is 17.1. The Hall–Kier alpha value is -0.880. The molecule has 1 unspecified atom stereocenters. The molecule has 0 aliphatic heterocycles. The summed E-state index contributed by atoms with van der Waals surface area (Å²) in [5.74, 6) is -1.71. The number of aliphatic carboxylic acids is 1. The van der Waals surface area contributed by atoms with Gasteiger partial charge in [-0.15, -0.1) is 0 Å². The van der Waals surface area contributed by atoms with Crippen LogP contribution in [-0.2, 0) is 4.79 Å². The Morgan fingerprint density at radius 1 is 1.28 bits per heavy atom. The van der Waals surface area contributed by atoms with E-state index >= 15 is 0 Å². The Balaban J connectivity index is 0.00000289. The van der Waals surface area contributed by atoms with Gasteiger partial charge in [0.25, 0.3) is 5.91 Å². The van der Waals surface area contributed by atoms with Gasteiger partial charge in [-0.05, 0) is 31.5 Å².